The van der Waals surface area contributed by atoms with Crippen LogP contribution in [-0.2, 0) is 0 Å². The first-order chi connectivity index (χ1) is 25.9. The topological polar surface area (TPSA) is 157 Å². The molecule has 12 heteroatoms. The molecule has 0 aliphatic heterocycles. The summed E-state index contributed by atoms with van der Waals surface area (Å²) in [4.78, 5) is 49.9. The highest BCUT2D eigenvalue weighted by molar-refractivity contribution is 5.94. The van der Waals surface area contributed by atoms with Gasteiger partial charge >= 0.3 is 23.3 Å². The van der Waals surface area contributed by atoms with E-state index in [1.807, 2.05) is 0 Å². The number of nitro benzene ring substituents is 2. The molecule has 0 aromatic heterocycles. The third-order valence-electron chi connectivity index (χ3n) is 9.14. The lowest BCUT2D eigenvalue weighted by atomic mass is 9.87. The van der Waals surface area contributed by atoms with Crippen molar-refractivity contribution in [3.63, 3.8) is 0 Å². The Labute approximate surface area is 315 Å². The fourth-order valence-corrected chi connectivity index (χ4v) is 6.38. The van der Waals surface area contributed by atoms with Crippen LogP contribution < -0.4 is 18.9 Å². The second kappa shape index (κ2) is 19.3. The molecule has 4 rings (SSSR count). The molecule has 0 aliphatic carbocycles. The van der Waals surface area contributed by atoms with Crippen LogP contribution in [0.4, 0.5) is 11.4 Å². The number of hydrogen-bond acceptors (Lipinski definition) is 10. The van der Waals surface area contributed by atoms with Crippen molar-refractivity contribution >= 4 is 23.3 Å². The smallest absolute Gasteiger partial charge is 0.343 e. The second-order valence-corrected chi connectivity index (χ2v) is 13.2. The van der Waals surface area contributed by atoms with E-state index < -0.39 is 33.2 Å². The number of unbranched alkanes of at least 4 members (excludes halogenated alkanes) is 6. The molecule has 0 spiro atoms. The molecule has 0 bridgehead atoms. The van der Waals surface area contributed by atoms with Crippen molar-refractivity contribution in [2.24, 2.45) is 0 Å². The molecular weight excluding hydrogens is 692 g/mol. The molecular formula is C42H48N2O10. The lowest BCUT2D eigenvalue weighted by Crippen LogP contribution is -2.12. The van der Waals surface area contributed by atoms with Crippen molar-refractivity contribution in [2.45, 2.75) is 92.9 Å². The number of hydrogen-bond donors (Lipinski definition) is 0. The molecule has 12 nitrogen and oxygen atoms in total. The van der Waals surface area contributed by atoms with Gasteiger partial charge in [0.25, 0.3) is 0 Å². The van der Waals surface area contributed by atoms with E-state index in [1.54, 1.807) is 38.1 Å². The highest BCUT2D eigenvalue weighted by Crippen LogP contribution is 2.46. The molecule has 4 aromatic carbocycles. The molecule has 0 amide bonds. The predicted molar refractivity (Wildman–Crippen MR) is 206 cm³/mol. The van der Waals surface area contributed by atoms with Crippen LogP contribution in [0.1, 0.15) is 108 Å². The summed E-state index contributed by atoms with van der Waals surface area (Å²) in [6.07, 6.45) is 8.49. The van der Waals surface area contributed by atoms with Gasteiger partial charge in [-0.3, -0.25) is 20.2 Å². The van der Waals surface area contributed by atoms with Crippen LogP contribution >= 0.6 is 0 Å². The zero-order valence-electron chi connectivity index (χ0n) is 31.8. The molecule has 0 unspecified atom stereocenters. The summed E-state index contributed by atoms with van der Waals surface area (Å²) in [5.74, 6) is -0.918. The van der Waals surface area contributed by atoms with E-state index in [1.165, 1.54) is 50.2 Å². The number of carbonyl (C=O) groups excluding carboxylic acids is 2. The van der Waals surface area contributed by atoms with Gasteiger partial charge in [-0.25, -0.2) is 9.59 Å². The molecule has 286 valence electrons. The standard InChI is InChI=1S/C42H48N2O10/c1-7-9-11-13-23-51-33-19-15-31(16-20-33)41(45)53-35-25-27(3)37(29(5)39(35)43(47)48)38-28(4)26-36(40(30(38)6)44(49)50)54-42(46)32-17-21-34(22-18-32)52-24-14-12-10-8-2/h15-22,25-26H,7-14,23-24H2,1-6H3. The minimum Gasteiger partial charge on any atom is -0.494 e. The van der Waals surface area contributed by atoms with Crippen LogP contribution in [0.25, 0.3) is 11.1 Å². The first-order valence-electron chi connectivity index (χ1n) is 18.3. The molecule has 0 heterocycles. The normalized spacial score (nSPS) is 10.9. The van der Waals surface area contributed by atoms with Crippen LogP contribution in [0.2, 0.25) is 0 Å². The molecule has 0 saturated carbocycles. The van der Waals surface area contributed by atoms with Gasteiger partial charge in [-0.05, 0) is 123 Å². The average molecular weight is 741 g/mol. The van der Waals surface area contributed by atoms with Gasteiger partial charge in [0.2, 0.25) is 11.5 Å². The van der Waals surface area contributed by atoms with E-state index in [0.29, 0.717) is 47.0 Å². The zero-order chi connectivity index (χ0) is 39.4. The Morgan fingerprint density at radius 2 is 0.907 bits per heavy atom. The number of nitrogens with zero attached hydrogens (tertiary/aromatic N) is 2. The van der Waals surface area contributed by atoms with Gasteiger partial charge in [-0.15, -0.1) is 0 Å². The second-order valence-electron chi connectivity index (χ2n) is 13.2. The van der Waals surface area contributed by atoms with E-state index in [2.05, 4.69) is 13.8 Å². The van der Waals surface area contributed by atoms with E-state index in [9.17, 15) is 29.8 Å². The maximum atomic E-state index is 13.1. The molecule has 54 heavy (non-hydrogen) atoms. The summed E-state index contributed by atoms with van der Waals surface area (Å²) in [7, 11) is 0. The SMILES string of the molecule is CCCCCCOc1ccc(C(=O)Oc2cc(C)c(-c3c(C)cc(OC(=O)c4ccc(OCCCCCC)cc4)c([N+](=O)[O-])c3C)c(C)c2[N+](=O)[O-])cc1. The van der Waals surface area contributed by atoms with Gasteiger partial charge < -0.3 is 18.9 Å². The predicted octanol–water partition coefficient (Wildman–Crippen LogP) is 10.8. The van der Waals surface area contributed by atoms with Crippen LogP contribution in [0.15, 0.2) is 60.7 Å². The summed E-state index contributed by atoms with van der Waals surface area (Å²) >= 11 is 0. The van der Waals surface area contributed by atoms with Crippen molar-refractivity contribution < 1.29 is 38.4 Å². The number of ether oxygens (including phenoxy) is 4. The van der Waals surface area contributed by atoms with E-state index >= 15 is 0 Å². The van der Waals surface area contributed by atoms with Crippen molar-refractivity contribution in [1.29, 1.82) is 0 Å². The third kappa shape index (κ3) is 10.2. The molecule has 0 atom stereocenters. The minimum atomic E-state index is -0.794. The first kappa shape index (κ1) is 41.0. The number of esters is 2. The molecule has 0 radical (unpaired) electrons. The summed E-state index contributed by atoms with van der Waals surface area (Å²) in [6, 6.07) is 15.5. The van der Waals surface area contributed by atoms with Gasteiger partial charge in [-0.2, -0.15) is 0 Å². The quantitative estimate of drug-likeness (QED) is 0.0298. The van der Waals surface area contributed by atoms with Gasteiger partial charge in [0.1, 0.15) is 11.5 Å². The molecule has 0 aliphatic rings. The van der Waals surface area contributed by atoms with E-state index in [0.717, 1.165) is 51.4 Å². The third-order valence-corrected chi connectivity index (χ3v) is 9.14. The number of nitro groups is 2. The first-order valence-corrected chi connectivity index (χ1v) is 18.3. The molecule has 0 N–H and O–H groups in total. The lowest BCUT2D eigenvalue weighted by molar-refractivity contribution is -0.386. The largest absolute Gasteiger partial charge is 0.494 e. The van der Waals surface area contributed by atoms with Crippen LogP contribution in [0.3, 0.4) is 0 Å². The maximum absolute atomic E-state index is 13.1. The summed E-state index contributed by atoms with van der Waals surface area (Å²) in [5.41, 5.74) is 1.42. The Morgan fingerprint density at radius 1 is 0.556 bits per heavy atom. The van der Waals surface area contributed by atoms with E-state index in [-0.39, 0.29) is 33.8 Å². The number of rotatable bonds is 19. The van der Waals surface area contributed by atoms with Crippen LogP contribution in [0, 0.1) is 47.9 Å². The monoisotopic (exact) mass is 740 g/mol. The fourth-order valence-electron chi connectivity index (χ4n) is 6.38. The Morgan fingerprint density at radius 3 is 1.22 bits per heavy atom. The van der Waals surface area contributed by atoms with Crippen molar-refractivity contribution in [1.82, 2.24) is 0 Å². The van der Waals surface area contributed by atoms with Gasteiger partial charge in [0.15, 0.2) is 0 Å². The summed E-state index contributed by atoms with van der Waals surface area (Å²) < 4.78 is 22.7. The van der Waals surface area contributed by atoms with Gasteiger partial charge in [-0.1, -0.05) is 52.4 Å². The number of aryl methyl sites for hydroxylation is 2. The Balaban J connectivity index is 1.59. The Bertz CT molecular complexity index is 1830. The molecule has 0 saturated heterocycles. The van der Waals surface area contributed by atoms with Crippen LogP contribution in [-0.4, -0.2) is 35.0 Å². The maximum Gasteiger partial charge on any atom is 0.343 e. The fraction of sp³-hybridized carbons (Fsp3) is 0.381. The number of benzene rings is 4. The van der Waals surface area contributed by atoms with E-state index in [4.69, 9.17) is 18.9 Å². The van der Waals surface area contributed by atoms with Crippen molar-refractivity contribution in [3.05, 3.63) is 114 Å². The van der Waals surface area contributed by atoms with Gasteiger partial charge in [0.05, 0.1) is 34.2 Å². The minimum absolute atomic E-state index is 0.146. The summed E-state index contributed by atoms with van der Waals surface area (Å²) in [5, 5.41) is 24.9. The Hall–Kier alpha value is -5.78. The van der Waals surface area contributed by atoms with Crippen LogP contribution in [0.5, 0.6) is 23.0 Å². The van der Waals surface area contributed by atoms with Gasteiger partial charge in [0, 0.05) is 11.1 Å². The average Bonchev–Trinajstić information content (AvgIpc) is 3.12. The van der Waals surface area contributed by atoms with Crippen molar-refractivity contribution in [3.8, 4) is 34.1 Å². The molecule has 4 aromatic rings. The number of carbonyl (C=O) groups is 2. The van der Waals surface area contributed by atoms with Crippen molar-refractivity contribution in [2.75, 3.05) is 13.2 Å². The summed E-state index contributed by atoms with van der Waals surface area (Å²) in [6.45, 7) is 11.7. The Kier molecular flexibility index (Phi) is 14.7. The molecule has 0 fully saturated rings. The highest BCUT2D eigenvalue weighted by Gasteiger charge is 2.32. The zero-order valence-corrected chi connectivity index (χ0v) is 31.8. The highest BCUT2D eigenvalue weighted by atomic mass is 16.6. The lowest BCUT2D eigenvalue weighted by Gasteiger charge is -2.19.